The number of aromatic nitrogens is 2. The fourth-order valence-corrected chi connectivity index (χ4v) is 5.38. The first-order valence-electron chi connectivity index (χ1n) is 14.4. The number of amides is 1. The second-order valence-electron chi connectivity index (χ2n) is 10.6. The number of piperidine rings is 1. The van der Waals surface area contributed by atoms with Crippen molar-refractivity contribution in [2.24, 2.45) is 0 Å². The first-order valence-corrected chi connectivity index (χ1v) is 14.4. The Hall–Kier alpha value is -5.82. The number of rotatable bonds is 9. The van der Waals surface area contributed by atoms with Crippen molar-refractivity contribution >= 4 is 17.8 Å². The average Bonchev–Trinajstić information content (AvgIpc) is 3.09. The highest BCUT2D eigenvalue weighted by Gasteiger charge is 2.26. The van der Waals surface area contributed by atoms with Crippen LogP contribution in [-0.4, -0.2) is 52.4 Å². The Morgan fingerprint density at radius 2 is 1.87 bits per heavy atom. The lowest BCUT2D eigenvalue weighted by molar-refractivity contribution is -0.124. The lowest BCUT2D eigenvalue weighted by atomic mass is 9.91. The number of pyridine rings is 2. The molecule has 2 aromatic heterocycles. The highest BCUT2D eigenvalue weighted by atomic mass is 19.1. The van der Waals surface area contributed by atoms with Gasteiger partial charge in [0.05, 0.1) is 18.4 Å². The molecule has 1 amide bonds. The number of methoxy groups -OCH3 is 1. The summed E-state index contributed by atoms with van der Waals surface area (Å²) in [7, 11) is 1.44. The zero-order valence-corrected chi connectivity index (χ0v) is 24.9. The monoisotopic (exact) mass is 619 g/mol. The summed E-state index contributed by atoms with van der Waals surface area (Å²) in [6, 6.07) is 17.1. The maximum atomic E-state index is 14.8. The van der Waals surface area contributed by atoms with Gasteiger partial charge in [0.15, 0.2) is 11.5 Å². The van der Waals surface area contributed by atoms with E-state index in [0.29, 0.717) is 47.7 Å². The molecule has 4 aromatic rings. The van der Waals surface area contributed by atoms with Crippen LogP contribution in [0.1, 0.15) is 35.2 Å². The number of halogens is 1. The van der Waals surface area contributed by atoms with Gasteiger partial charge in [0.1, 0.15) is 29.3 Å². The number of aromatic hydroxyl groups is 1. The van der Waals surface area contributed by atoms with Gasteiger partial charge in [-0.05, 0) is 65.9 Å². The van der Waals surface area contributed by atoms with E-state index in [1.807, 2.05) is 23.1 Å². The summed E-state index contributed by atoms with van der Waals surface area (Å²) in [5, 5.41) is 42.3. The van der Waals surface area contributed by atoms with Crippen molar-refractivity contribution in [3.63, 3.8) is 0 Å². The van der Waals surface area contributed by atoms with Gasteiger partial charge in [0.2, 0.25) is 0 Å². The third-order valence-electron chi connectivity index (χ3n) is 7.79. The number of anilines is 1. The number of carbonyl (C=O) groups is 1. The topological polar surface area (TPSA) is 167 Å². The number of nitrogens with zero attached hydrogens (tertiary/aromatic N) is 5. The molecule has 46 heavy (non-hydrogen) atoms. The van der Waals surface area contributed by atoms with Crippen molar-refractivity contribution in [1.82, 2.24) is 20.8 Å². The van der Waals surface area contributed by atoms with E-state index in [1.54, 1.807) is 36.7 Å². The van der Waals surface area contributed by atoms with Crippen molar-refractivity contribution in [1.29, 1.82) is 10.5 Å². The fraction of sp³-hybridized carbons (Fsp3) is 0.206. The van der Waals surface area contributed by atoms with Crippen LogP contribution in [0.5, 0.6) is 11.5 Å². The van der Waals surface area contributed by atoms with E-state index >= 15 is 0 Å². The normalized spacial score (nSPS) is 13.3. The maximum Gasteiger partial charge on any atom is 0.267 e. The van der Waals surface area contributed by atoms with Gasteiger partial charge >= 0.3 is 0 Å². The summed E-state index contributed by atoms with van der Waals surface area (Å²) in [6.07, 6.45) is 7.57. The van der Waals surface area contributed by atoms with Gasteiger partial charge in [-0.15, -0.1) is 0 Å². The van der Waals surface area contributed by atoms with Crippen LogP contribution in [0.2, 0.25) is 0 Å². The van der Waals surface area contributed by atoms with Gasteiger partial charge in [-0.2, -0.15) is 10.5 Å². The van der Waals surface area contributed by atoms with Crippen LogP contribution in [0.4, 0.5) is 10.2 Å². The maximum absolute atomic E-state index is 14.8. The van der Waals surface area contributed by atoms with E-state index < -0.39 is 11.7 Å². The van der Waals surface area contributed by atoms with Gasteiger partial charge < -0.3 is 20.1 Å². The summed E-state index contributed by atoms with van der Waals surface area (Å²) >= 11 is 0. The number of hydrogen-bond donors (Lipinski definition) is 4. The minimum Gasteiger partial charge on any atom is -0.504 e. The molecule has 1 saturated heterocycles. The molecule has 5 rings (SSSR count). The molecule has 2 aromatic carbocycles. The number of ether oxygens (including phenoxy) is 1. The molecule has 0 spiro atoms. The lowest BCUT2D eigenvalue weighted by Gasteiger charge is -2.34. The van der Waals surface area contributed by atoms with Crippen LogP contribution >= 0.6 is 0 Å². The third-order valence-corrected chi connectivity index (χ3v) is 7.79. The van der Waals surface area contributed by atoms with E-state index in [4.69, 9.17) is 14.9 Å². The largest absolute Gasteiger partial charge is 0.504 e. The molecule has 0 bridgehead atoms. The number of carbonyl (C=O) groups excluding carboxylic acids is 1. The van der Waals surface area contributed by atoms with E-state index in [9.17, 15) is 24.8 Å². The molecule has 0 saturated carbocycles. The van der Waals surface area contributed by atoms with Gasteiger partial charge in [0, 0.05) is 55.3 Å². The summed E-state index contributed by atoms with van der Waals surface area (Å²) in [5.41, 5.74) is 5.18. The Labute approximate surface area is 264 Å². The van der Waals surface area contributed by atoms with Crippen molar-refractivity contribution < 1.29 is 24.2 Å². The summed E-state index contributed by atoms with van der Waals surface area (Å²) in [4.78, 5) is 22.3. The second-order valence-corrected chi connectivity index (χ2v) is 10.6. The van der Waals surface area contributed by atoms with Gasteiger partial charge in [0.25, 0.3) is 5.91 Å². The molecule has 0 aliphatic carbocycles. The van der Waals surface area contributed by atoms with Crippen LogP contribution in [0.3, 0.4) is 0 Å². The van der Waals surface area contributed by atoms with E-state index in [2.05, 4.69) is 16.4 Å². The molecule has 1 aliphatic heterocycles. The van der Waals surface area contributed by atoms with Gasteiger partial charge in [-0.1, -0.05) is 18.2 Å². The van der Waals surface area contributed by atoms with Crippen molar-refractivity contribution in [3.8, 4) is 45.9 Å². The minimum absolute atomic E-state index is 0.0933. The molecule has 0 radical (unpaired) electrons. The van der Waals surface area contributed by atoms with E-state index in [0.717, 1.165) is 24.1 Å². The number of nitrogens with one attached hydrogen (secondary N) is 2. The molecule has 11 nitrogen and oxygen atoms in total. The predicted octanol–water partition coefficient (Wildman–Crippen LogP) is 4.68. The molecular formula is C34H30FN7O4. The van der Waals surface area contributed by atoms with Crippen LogP contribution in [0.25, 0.3) is 28.3 Å². The number of phenolic OH excluding ortho intramolecular Hbond substituents is 1. The Kier molecular flexibility index (Phi) is 9.83. The van der Waals surface area contributed by atoms with E-state index in [1.165, 1.54) is 36.9 Å². The first kappa shape index (κ1) is 31.6. The fourth-order valence-electron chi connectivity index (χ4n) is 5.38. The highest BCUT2D eigenvalue weighted by molar-refractivity contribution is 5.91. The number of benzene rings is 2. The van der Waals surface area contributed by atoms with Crippen molar-refractivity contribution in [2.75, 3.05) is 25.1 Å². The molecule has 0 unspecified atom stereocenters. The Morgan fingerprint density at radius 1 is 1.09 bits per heavy atom. The van der Waals surface area contributed by atoms with Crippen LogP contribution < -0.4 is 20.4 Å². The van der Waals surface area contributed by atoms with Crippen LogP contribution in [0.15, 0.2) is 67.0 Å². The Bertz CT molecular complexity index is 1860. The predicted molar refractivity (Wildman–Crippen MR) is 168 cm³/mol. The van der Waals surface area contributed by atoms with Crippen LogP contribution in [-0.2, 0) is 11.3 Å². The molecule has 1 fully saturated rings. The molecule has 3 heterocycles. The number of hydrogen-bond acceptors (Lipinski definition) is 10. The first-order chi connectivity index (χ1) is 22.3. The van der Waals surface area contributed by atoms with Crippen molar-refractivity contribution in [2.45, 2.75) is 25.4 Å². The standard InChI is InChI=1S/C34H30FN7O4/c1-46-31-8-6-22(15-30(31)43)28-20-40-34(27(17-37)33(28)23-4-5-24(16-36)29(35)14-23)42-12-10-25(11-13-42)39-19-26-7-2-21(18-38-26)3-9-32(44)41-45/h2-9,14-15,18,20,25,39,43,45H,10-13,19H2,1H3,(H,41,44)/b9-3+. The number of phenols is 1. The Morgan fingerprint density at radius 3 is 2.50 bits per heavy atom. The summed E-state index contributed by atoms with van der Waals surface area (Å²) < 4.78 is 20.0. The minimum atomic E-state index is -0.702. The molecule has 12 heteroatoms. The lowest BCUT2D eigenvalue weighted by Crippen LogP contribution is -2.43. The SMILES string of the molecule is COc1ccc(-c2cnc(N3CCC(NCc4ccc(/C=C/C(=O)NO)cn4)CC3)c(C#N)c2-c2ccc(C#N)c(F)c2)cc1O. The average molecular weight is 620 g/mol. The van der Waals surface area contributed by atoms with Gasteiger partial charge in [-0.3, -0.25) is 15.0 Å². The smallest absolute Gasteiger partial charge is 0.267 e. The van der Waals surface area contributed by atoms with Crippen molar-refractivity contribution in [3.05, 3.63) is 95.2 Å². The van der Waals surface area contributed by atoms with E-state index in [-0.39, 0.29) is 28.7 Å². The summed E-state index contributed by atoms with van der Waals surface area (Å²) in [6.45, 7) is 1.78. The quantitative estimate of drug-likeness (QED) is 0.117. The zero-order chi connectivity index (χ0) is 32.6. The molecular weight excluding hydrogens is 589 g/mol. The molecule has 0 atom stereocenters. The molecule has 4 N–H and O–H groups in total. The highest BCUT2D eigenvalue weighted by Crippen LogP contribution is 2.41. The molecule has 232 valence electrons. The summed E-state index contributed by atoms with van der Waals surface area (Å²) in [5.74, 6) is -0.660. The van der Waals surface area contributed by atoms with Crippen LogP contribution in [0, 0.1) is 28.5 Å². The molecule has 1 aliphatic rings. The Balaban J connectivity index is 1.36. The third kappa shape index (κ3) is 6.94. The second kappa shape index (κ2) is 14.3. The number of hydroxylamine groups is 1. The zero-order valence-electron chi connectivity index (χ0n) is 24.9. The van der Waals surface area contributed by atoms with Gasteiger partial charge in [-0.25, -0.2) is 14.9 Å². The number of nitriles is 2.